The van der Waals surface area contributed by atoms with Crippen LogP contribution in [0.4, 0.5) is 0 Å². The molecule has 2 fully saturated rings. The van der Waals surface area contributed by atoms with Crippen molar-refractivity contribution in [1.82, 2.24) is 0 Å². The van der Waals surface area contributed by atoms with Gasteiger partial charge in [-0.05, 0) is 30.8 Å². The Labute approximate surface area is 274 Å². The first-order valence-corrected chi connectivity index (χ1v) is 19.8. The lowest BCUT2D eigenvalue weighted by Crippen LogP contribution is -2.69. The Morgan fingerprint density at radius 1 is 0.565 bits per heavy atom. The summed E-state index contributed by atoms with van der Waals surface area (Å²) in [7, 11) is -6.24. The maximum Gasteiger partial charge on any atom is 0.337 e. The van der Waals surface area contributed by atoms with Crippen LogP contribution >= 0.6 is 0 Å². The molecule has 4 aromatic rings. The monoisotopic (exact) mass is 652 g/mol. The van der Waals surface area contributed by atoms with Crippen molar-refractivity contribution >= 4 is 43.4 Å². The summed E-state index contributed by atoms with van der Waals surface area (Å²) >= 11 is 0. The Kier molecular flexibility index (Phi) is 8.73. The van der Waals surface area contributed by atoms with Crippen molar-refractivity contribution in [1.29, 1.82) is 0 Å². The second-order valence-corrected chi connectivity index (χ2v) is 22.8. The van der Waals surface area contributed by atoms with Crippen molar-refractivity contribution in [2.24, 2.45) is 0 Å². The Morgan fingerprint density at radius 3 is 1.26 bits per heavy atom. The molecule has 0 spiro atoms. The second kappa shape index (κ2) is 12.3. The SMILES string of the molecule is CC(C)(C)[Si](O[C@H]1C(=O)O[C@@H]2[C@H]1OC(O)[C@@H]2O[Si](c1ccccc1)(c1ccccc1)C(C)(C)C)(c1ccccc1)c1ccccc1. The number of hydrogen-bond donors (Lipinski definition) is 1. The fourth-order valence-electron chi connectivity index (χ4n) is 7.40. The van der Waals surface area contributed by atoms with Crippen LogP contribution in [0.5, 0.6) is 0 Å². The number of carbonyl (C=O) groups is 1. The molecule has 0 radical (unpaired) electrons. The van der Waals surface area contributed by atoms with Gasteiger partial charge in [-0.3, -0.25) is 0 Å². The number of aliphatic hydroxyl groups is 1. The quantitative estimate of drug-likeness (QED) is 0.223. The van der Waals surface area contributed by atoms with Crippen molar-refractivity contribution in [3.63, 3.8) is 0 Å². The molecule has 2 heterocycles. The maximum absolute atomic E-state index is 13.9. The molecule has 2 aliphatic heterocycles. The number of rotatable bonds is 8. The van der Waals surface area contributed by atoms with Crippen LogP contribution in [-0.2, 0) is 23.1 Å². The van der Waals surface area contributed by atoms with E-state index in [-0.39, 0.29) is 10.1 Å². The van der Waals surface area contributed by atoms with Crippen molar-refractivity contribution < 1.29 is 28.2 Å². The molecular formula is C38H44O6Si2. The minimum absolute atomic E-state index is 0.346. The van der Waals surface area contributed by atoms with Gasteiger partial charge in [0.1, 0.15) is 12.2 Å². The fraction of sp³-hybridized carbons (Fsp3) is 0.342. The van der Waals surface area contributed by atoms with E-state index in [4.69, 9.17) is 18.3 Å². The predicted octanol–water partition coefficient (Wildman–Crippen LogP) is 4.52. The average molecular weight is 653 g/mol. The van der Waals surface area contributed by atoms with Crippen molar-refractivity contribution in [3.8, 4) is 0 Å². The molecule has 6 nitrogen and oxygen atoms in total. The summed E-state index contributed by atoms with van der Waals surface area (Å²) in [6, 6.07) is 40.8. The third-order valence-corrected chi connectivity index (χ3v) is 19.5. The van der Waals surface area contributed by atoms with Crippen LogP contribution in [0.25, 0.3) is 0 Å². The predicted molar refractivity (Wildman–Crippen MR) is 186 cm³/mol. The van der Waals surface area contributed by atoms with Crippen LogP contribution in [0, 0.1) is 0 Å². The molecule has 1 N–H and O–H groups in total. The van der Waals surface area contributed by atoms with Crippen molar-refractivity contribution in [2.45, 2.75) is 82.3 Å². The van der Waals surface area contributed by atoms with Gasteiger partial charge in [0, 0.05) is 0 Å². The Bertz CT molecular complexity index is 1540. The average Bonchev–Trinajstić information content (AvgIpc) is 3.50. The number of fused-ring (bicyclic) bond motifs is 1. The number of benzene rings is 4. The van der Waals surface area contributed by atoms with E-state index in [0.29, 0.717) is 0 Å². The smallest absolute Gasteiger partial charge is 0.337 e. The summed E-state index contributed by atoms with van der Waals surface area (Å²) in [5.41, 5.74) is 0. The second-order valence-electron chi connectivity index (χ2n) is 14.3. The van der Waals surface area contributed by atoms with Crippen LogP contribution in [0.3, 0.4) is 0 Å². The number of hydrogen-bond acceptors (Lipinski definition) is 6. The summed E-state index contributed by atoms with van der Waals surface area (Å²) in [4.78, 5) is 13.9. The number of carbonyl (C=O) groups excluding carboxylic acids is 1. The third kappa shape index (κ3) is 5.41. The third-order valence-electron chi connectivity index (χ3n) is 9.46. The Morgan fingerprint density at radius 2 is 0.913 bits per heavy atom. The lowest BCUT2D eigenvalue weighted by atomic mass is 10.1. The van der Waals surface area contributed by atoms with E-state index in [2.05, 4.69) is 90.1 Å². The van der Waals surface area contributed by atoms with Gasteiger partial charge in [-0.25, -0.2) is 4.79 Å². The summed E-state index contributed by atoms with van der Waals surface area (Å²) < 4.78 is 26.8. The van der Waals surface area contributed by atoms with Crippen LogP contribution in [0.1, 0.15) is 41.5 Å². The van der Waals surface area contributed by atoms with Crippen molar-refractivity contribution in [3.05, 3.63) is 121 Å². The fourth-order valence-corrected chi connectivity index (χ4v) is 16.7. The van der Waals surface area contributed by atoms with E-state index in [9.17, 15) is 9.90 Å². The van der Waals surface area contributed by atoms with E-state index in [1.165, 1.54) is 0 Å². The van der Waals surface area contributed by atoms with Gasteiger partial charge in [0.25, 0.3) is 16.6 Å². The molecule has 8 heteroatoms. The zero-order chi connectivity index (χ0) is 32.7. The first kappa shape index (κ1) is 32.6. The summed E-state index contributed by atoms with van der Waals surface area (Å²) in [5, 5.41) is 15.1. The highest BCUT2D eigenvalue weighted by Gasteiger charge is 2.64. The van der Waals surface area contributed by atoms with E-state index in [1.54, 1.807) is 0 Å². The van der Waals surface area contributed by atoms with Gasteiger partial charge in [0.05, 0.1) is 0 Å². The zero-order valence-corrected chi connectivity index (χ0v) is 29.4. The van der Waals surface area contributed by atoms with E-state index in [1.807, 2.05) is 72.8 Å². The highest BCUT2D eigenvalue weighted by atomic mass is 28.4. The van der Waals surface area contributed by atoms with E-state index >= 15 is 0 Å². The molecule has 1 unspecified atom stereocenters. The summed E-state index contributed by atoms with van der Waals surface area (Å²) in [6.07, 6.45) is -4.94. The molecule has 0 bridgehead atoms. The van der Waals surface area contributed by atoms with Gasteiger partial charge >= 0.3 is 5.97 Å². The first-order valence-electron chi connectivity index (χ1n) is 16.0. The molecule has 46 heavy (non-hydrogen) atoms. The minimum Gasteiger partial charge on any atom is -0.455 e. The van der Waals surface area contributed by atoms with Crippen molar-refractivity contribution in [2.75, 3.05) is 0 Å². The molecule has 6 rings (SSSR count). The Hall–Kier alpha value is -3.38. The lowest BCUT2D eigenvalue weighted by molar-refractivity contribution is -0.164. The van der Waals surface area contributed by atoms with Gasteiger partial charge in [0.15, 0.2) is 18.5 Å². The first-order chi connectivity index (χ1) is 21.9. The lowest BCUT2D eigenvalue weighted by Gasteiger charge is -2.45. The van der Waals surface area contributed by atoms with E-state index < -0.39 is 53.3 Å². The highest BCUT2D eigenvalue weighted by Crippen LogP contribution is 2.44. The minimum atomic E-state index is -3.14. The van der Waals surface area contributed by atoms with E-state index in [0.717, 1.165) is 20.7 Å². The van der Waals surface area contributed by atoms with Gasteiger partial charge in [-0.1, -0.05) is 163 Å². The molecule has 240 valence electrons. The van der Waals surface area contributed by atoms with Gasteiger partial charge in [-0.15, -0.1) is 0 Å². The topological polar surface area (TPSA) is 74.2 Å². The standard InChI is InChI=1S/C38H44O6Si2/c1-37(2,3)45(27-19-11-7-12-20-27,28-21-13-8-14-22-28)43-33-31-32(42-35(33)39)34(36(40)41-31)44-46(38(4,5)6,29-23-15-9-16-24-29)30-25-17-10-18-26-30/h7-26,31-35,39H,1-6H3/t31-,32-,33-,34-,35?/m1/s1. The number of esters is 1. The molecule has 4 aromatic carbocycles. The van der Waals surface area contributed by atoms with Gasteiger partial charge in [0.2, 0.25) is 0 Å². The van der Waals surface area contributed by atoms with Gasteiger partial charge in [-0.2, -0.15) is 0 Å². The normalized spacial score (nSPS) is 23.6. The van der Waals surface area contributed by atoms with Crippen LogP contribution in [-0.4, -0.2) is 58.4 Å². The summed E-state index contributed by atoms with van der Waals surface area (Å²) in [6.45, 7) is 13.0. The molecule has 2 aliphatic rings. The highest BCUT2D eigenvalue weighted by molar-refractivity contribution is 7.00. The molecule has 0 aliphatic carbocycles. The number of aliphatic hydroxyl groups excluding tert-OH is 1. The Balaban J connectivity index is 1.42. The van der Waals surface area contributed by atoms with Crippen LogP contribution < -0.4 is 20.7 Å². The summed E-state index contributed by atoms with van der Waals surface area (Å²) in [5.74, 6) is -0.495. The molecule has 0 aromatic heterocycles. The van der Waals surface area contributed by atoms with Crippen LogP contribution in [0.15, 0.2) is 121 Å². The zero-order valence-electron chi connectivity index (χ0n) is 27.4. The van der Waals surface area contributed by atoms with Crippen LogP contribution in [0.2, 0.25) is 10.1 Å². The molecule has 0 saturated carbocycles. The number of ether oxygens (including phenoxy) is 2. The molecule has 2 saturated heterocycles. The maximum atomic E-state index is 13.9. The molecule has 0 amide bonds. The molecule has 5 atom stereocenters. The largest absolute Gasteiger partial charge is 0.455 e. The molecular weight excluding hydrogens is 609 g/mol. The van der Waals surface area contributed by atoms with Gasteiger partial charge < -0.3 is 23.4 Å².